The van der Waals surface area contributed by atoms with Gasteiger partial charge in [-0.3, -0.25) is 4.79 Å². The second kappa shape index (κ2) is 8.55. The van der Waals surface area contributed by atoms with E-state index in [0.29, 0.717) is 29.5 Å². The fourth-order valence-electron chi connectivity index (χ4n) is 3.99. The third-order valence-electron chi connectivity index (χ3n) is 5.50. The SMILES string of the molecule is COc1cc2c(cc1OC)C(c1ccccc1Cl)N(C(=O)c1ccc(F)c(F)c1)CC2. The molecule has 0 spiro atoms. The van der Waals surface area contributed by atoms with Crippen LogP contribution in [0.3, 0.4) is 0 Å². The number of hydrogen-bond donors (Lipinski definition) is 0. The van der Waals surface area contributed by atoms with E-state index in [4.69, 9.17) is 21.1 Å². The van der Waals surface area contributed by atoms with Gasteiger partial charge in [0.15, 0.2) is 23.1 Å². The van der Waals surface area contributed by atoms with Gasteiger partial charge in [-0.1, -0.05) is 29.8 Å². The van der Waals surface area contributed by atoms with Crippen LogP contribution < -0.4 is 9.47 Å². The molecule has 4 nitrogen and oxygen atoms in total. The topological polar surface area (TPSA) is 38.8 Å². The third-order valence-corrected chi connectivity index (χ3v) is 5.85. The van der Waals surface area contributed by atoms with Crippen molar-refractivity contribution in [2.24, 2.45) is 0 Å². The molecule has 0 saturated heterocycles. The van der Waals surface area contributed by atoms with Gasteiger partial charge in [0, 0.05) is 17.1 Å². The van der Waals surface area contributed by atoms with Crippen molar-refractivity contribution in [3.8, 4) is 11.5 Å². The van der Waals surface area contributed by atoms with E-state index in [-0.39, 0.29) is 5.56 Å². The molecule has 4 rings (SSSR count). The van der Waals surface area contributed by atoms with Crippen molar-refractivity contribution in [1.82, 2.24) is 4.90 Å². The number of ether oxygens (including phenoxy) is 2. The van der Waals surface area contributed by atoms with Crippen LogP contribution in [0.2, 0.25) is 5.02 Å². The molecule has 0 aliphatic carbocycles. The zero-order chi connectivity index (χ0) is 22.1. The Morgan fingerprint density at radius 3 is 2.35 bits per heavy atom. The molecule has 31 heavy (non-hydrogen) atoms. The van der Waals surface area contributed by atoms with Gasteiger partial charge in [-0.25, -0.2) is 8.78 Å². The van der Waals surface area contributed by atoms with Crippen molar-refractivity contribution >= 4 is 17.5 Å². The molecule has 1 aliphatic rings. The fraction of sp³-hybridized carbons (Fsp3) is 0.208. The highest BCUT2D eigenvalue weighted by Crippen LogP contribution is 2.43. The molecule has 1 aliphatic heterocycles. The summed E-state index contributed by atoms with van der Waals surface area (Å²) in [5.41, 5.74) is 2.64. The number of carbonyl (C=O) groups is 1. The maximum atomic E-state index is 13.8. The van der Waals surface area contributed by atoms with Crippen molar-refractivity contribution in [2.45, 2.75) is 12.5 Å². The Hall–Kier alpha value is -3.12. The average Bonchev–Trinajstić information content (AvgIpc) is 2.79. The summed E-state index contributed by atoms with van der Waals surface area (Å²) in [7, 11) is 3.11. The number of halogens is 3. The lowest BCUT2D eigenvalue weighted by Crippen LogP contribution is -2.40. The molecule has 1 unspecified atom stereocenters. The van der Waals surface area contributed by atoms with Crippen LogP contribution in [0.5, 0.6) is 11.5 Å². The molecule has 1 heterocycles. The van der Waals surface area contributed by atoms with Crippen LogP contribution in [-0.2, 0) is 6.42 Å². The highest BCUT2D eigenvalue weighted by molar-refractivity contribution is 6.31. The number of nitrogens with zero attached hydrogens (tertiary/aromatic N) is 1. The fourth-order valence-corrected chi connectivity index (χ4v) is 4.23. The van der Waals surface area contributed by atoms with Crippen LogP contribution >= 0.6 is 11.6 Å². The maximum absolute atomic E-state index is 13.8. The van der Waals surface area contributed by atoms with Gasteiger partial charge < -0.3 is 14.4 Å². The molecule has 0 radical (unpaired) electrons. The number of benzene rings is 3. The molecule has 160 valence electrons. The zero-order valence-electron chi connectivity index (χ0n) is 17.0. The predicted molar refractivity (Wildman–Crippen MR) is 114 cm³/mol. The Morgan fingerprint density at radius 2 is 1.68 bits per heavy atom. The molecule has 3 aromatic carbocycles. The van der Waals surface area contributed by atoms with Crippen LogP contribution in [0.4, 0.5) is 8.78 Å². The monoisotopic (exact) mass is 443 g/mol. The van der Waals surface area contributed by atoms with Gasteiger partial charge in [0.2, 0.25) is 0 Å². The second-order valence-electron chi connectivity index (χ2n) is 7.21. The molecule has 0 bridgehead atoms. The first-order valence-corrected chi connectivity index (χ1v) is 10.1. The van der Waals surface area contributed by atoms with E-state index >= 15 is 0 Å². The molecule has 0 saturated carbocycles. The summed E-state index contributed by atoms with van der Waals surface area (Å²) in [6.07, 6.45) is 0.562. The minimum Gasteiger partial charge on any atom is -0.493 e. The lowest BCUT2D eigenvalue weighted by Gasteiger charge is -2.38. The van der Waals surface area contributed by atoms with E-state index in [1.165, 1.54) is 6.07 Å². The second-order valence-corrected chi connectivity index (χ2v) is 7.61. The van der Waals surface area contributed by atoms with Gasteiger partial charge in [0.05, 0.1) is 20.3 Å². The van der Waals surface area contributed by atoms with E-state index in [1.54, 1.807) is 25.2 Å². The Morgan fingerprint density at radius 1 is 0.968 bits per heavy atom. The zero-order valence-corrected chi connectivity index (χ0v) is 17.7. The number of carbonyl (C=O) groups excluding carboxylic acids is 1. The lowest BCUT2D eigenvalue weighted by molar-refractivity contribution is 0.0693. The van der Waals surface area contributed by atoms with Gasteiger partial charge in [-0.15, -0.1) is 0 Å². The molecule has 7 heteroatoms. The summed E-state index contributed by atoms with van der Waals surface area (Å²) in [4.78, 5) is 15.0. The van der Waals surface area contributed by atoms with Crippen molar-refractivity contribution < 1.29 is 23.0 Å². The Labute approximate surface area is 184 Å². The van der Waals surface area contributed by atoms with Crippen molar-refractivity contribution in [2.75, 3.05) is 20.8 Å². The van der Waals surface area contributed by atoms with E-state index in [0.717, 1.165) is 28.8 Å². The summed E-state index contributed by atoms with van der Waals surface area (Å²) in [6.45, 7) is 0.371. The molecule has 1 amide bonds. The van der Waals surface area contributed by atoms with Crippen LogP contribution in [0.1, 0.15) is 33.1 Å². The molecular weight excluding hydrogens is 424 g/mol. The van der Waals surface area contributed by atoms with Gasteiger partial charge in [0.1, 0.15) is 0 Å². The minimum absolute atomic E-state index is 0.0693. The van der Waals surface area contributed by atoms with Crippen LogP contribution in [-0.4, -0.2) is 31.6 Å². The molecular formula is C24H20ClF2NO3. The van der Waals surface area contributed by atoms with E-state index in [9.17, 15) is 13.6 Å². The highest BCUT2D eigenvalue weighted by Gasteiger charge is 2.35. The number of fused-ring (bicyclic) bond motifs is 1. The van der Waals surface area contributed by atoms with Gasteiger partial charge in [-0.2, -0.15) is 0 Å². The molecule has 0 fully saturated rings. The third kappa shape index (κ3) is 3.83. The molecule has 1 atom stereocenters. The van der Waals surface area contributed by atoms with Crippen LogP contribution in [0, 0.1) is 11.6 Å². The van der Waals surface area contributed by atoms with E-state index in [1.807, 2.05) is 30.3 Å². The van der Waals surface area contributed by atoms with Gasteiger partial charge in [0.25, 0.3) is 5.91 Å². The van der Waals surface area contributed by atoms with Crippen molar-refractivity contribution in [3.63, 3.8) is 0 Å². The van der Waals surface area contributed by atoms with Crippen LogP contribution in [0.15, 0.2) is 54.6 Å². The number of rotatable bonds is 4. The largest absolute Gasteiger partial charge is 0.493 e. The van der Waals surface area contributed by atoms with Crippen molar-refractivity contribution in [1.29, 1.82) is 0 Å². The van der Waals surface area contributed by atoms with Crippen LogP contribution in [0.25, 0.3) is 0 Å². The standard InChI is InChI=1S/C24H20ClF2NO3/c1-30-21-12-14-9-10-28(24(29)15-7-8-19(26)20(27)11-15)23(17(14)13-22(21)31-2)16-5-3-4-6-18(16)25/h3-8,11-13,23H,9-10H2,1-2H3. The molecule has 0 N–H and O–H groups in total. The number of hydrogen-bond acceptors (Lipinski definition) is 3. The maximum Gasteiger partial charge on any atom is 0.254 e. The number of amides is 1. The average molecular weight is 444 g/mol. The summed E-state index contributed by atoms with van der Waals surface area (Å²) < 4.78 is 38.1. The Balaban J connectivity index is 1.87. The Kier molecular flexibility index (Phi) is 5.83. The number of methoxy groups -OCH3 is 2. The first kappa shape index (κ1) is 21.1. The highest BCUT2D eigenvalue weighted by atomic mass is 35.5. The summed E-state index contributed by atoms with van der Waals surface area (Å²) in [5.74, 6) is -1.35. The van der Waals surface area contributed by atoms with Crippen molar-refractivity contribution in [3.05, 3.63) is 93.5 Å². The van der Waals surface area contributed by atoms with Gasteiger partial charge >= 0.3 is 0 Å². The summed E-state index contributed by atoms with van der Waals surface area (Å²) >= 11 is 6.51. The minimum atomic E-state index is -1.07. The molecule has 3 aromatic rings. The lowest BCUT2D eigenvalue weighted by atomic mass is 9.87. The quantitative estimate of drug-likeness (QED) is 0.540. The first-order valence-electron chi connectivity index (χ1n) is 9.69. The Bertz CT molecular complexity index is 1150. The van der Waals surface area contributed by atoms with E-state index in [2.05, 4.69) is 0 Å². The van der Waals surface area contributed by atoms with Gasteiger partial charge in [-0.05, 0) is 59.5 Å². The predicted octanol–water partition coefficient (Wildman–Crippen LogP) is 5.42. The first-order chi connectivity index (χ1) is 14.9. The smallest absolute Gasteiger partial charge is 0.254 e. The summed E-state index contributed by atoms with van der Waals surface area (Å²) in [5, 5.41) is 0.498. The summed E-state index contributed by atoms with van der Waals surface area (Å²) in [6, 6.07) is 13.6. The van der Waals surface area contributed by atoms with E-state index < -0.39 is 23.6 Å². The molecule has 0 aromatic heterocycles. The normalized spacial score (nSPS) is 15.4.